The standard InChI is InChI=1S/C17H19N5OS/c1-10-6-11(2)8-13(7-10)20-17-19-5-4-14(22-17)16-21-15(9-23-18)12(3)24-16/h4-8H,9,18H2,1-3H3,(H,19,20,22). The molecular formula is C17H19N5OS. The Hall–Kier alpha value is -2.35. The van der Waals surface area contributed by atoms with E-state index in [-0.39, 0.29) is 0 Å². The fourth-order valence-electron chi connectivity index (χ4n) is 2.46. The zero-order valence-electron chi connectivity index (χ0n) is 13.8. The third-order valence-corrected chi connectivity index (χ3v) is 4.50. The van der Waals surface area contributed by atoms with E-state index in [2.05, 4.69) is 57.2 Å². The molecule has 124 valence electrons. The molecule has 3 rings (SSSR count). The van der Waals surface area contributed by atoms with E-state index in [0.29, 0.717) is 12.6 Å². The van der Waals surface area contributed by atoms with E-state index in [1.807, 2.05) is 13.0 Å². The first-order valence-corrected chi connectivity index (χ1v) is 8.33. The van der Waals surface area contributed by atoms with Crippen LogP contribution in [0.1, 0.15) is 21.7 Å². The van der Waals surface area contributed by atoms with E-state index in [1.165, 1.54) is 11.1 Å². The average molecular weight is 341 g/mol. The van der Waals surface area contributed by atoms with E-state index < -0.39 is 0 Å². The summed E-state index contributed by atoms with van der Waals surface area (Å²) in [5.41, 5.74) is 4.96. The highest BCUT2D eigenvalue weighted by atomic mass is 32.1. The van der Waals surface area contributed by atoms with Crippen LogP contribution in [0, 0.1) is 20.8 Å². The number of rotatable bonds is 5. The number of thiazole rings is 1. The number of nitrogens with zero attached hydrogens (tertiary/aromatic N) is 3. The van der Waals surface area contributed by atoms with Crippen molar-refractivity contribution in [2.75, 3.05) is 5.32 Å². The summed E-state index contributed by atoms with van der Waals surface area (Å²) < 4.78 is 0. The quantitative estimate of drug-likeness (QED) is 0.689. The summed E-state index contributed by atoms with van der Waals surface area (Å²) in [6, 6.07) is 8.10. The van der Waals surface area contributed by atoms with E-state index in [1.54, 1.807) is 17.5 Å². The Kier molecular flexibility index (Phi) is 4.84. The van der Waals surface area contributed by atoms with E-state index in [4.69, 9.17) is 5.90 Å². The van der Waals surface area contributed by atoms with Crippen LogP contribution in [0.25, 0.3) is 10.7 Å². The van der Waals surface area contributed by atoms with E-state index >= 15 is 0 Å². The van der Waals surface area contributed by atoms with Gasteiger partial charge in [0.1, 0.15) is 17.3 Å². The van der Waals surface area contributed by atoms with Gasteiger partial charge in [-0.25, -0.2) is 20.8 Å². The number of aryl methyl sites for hydroxylation is 3. The van der Waals surface area contributed by atoms with Gasteiger partial charge in [0.25, 0.3) is 0 Å². The number of aromatic nitrogens is 3. The maximum atomic E-state index is 5.14. The predicted molar refractivity (Wildman–Crippen MR) is 96.1 cm³/mol. The Morgan fingerprint density at radius 3 is 2.58 bits per heavy atom. The van der Waals surface area contributed by atoms with Crippen molar-refractivity contribution in [3.63, 3.8) is 0 Å². The van der Waals surface area contributed by atoms with Gasteiger partial charge in [-0.1, -0.05) is 6.07 Å². The molecule has 0 aliphatic heterocycles. The van der Waals surface area contributed by atoms with Crippen molar-refractivity contribution in [1.82, 2.24) is 15.0 Å². The second-order valence-corrected chi connectivity index (χ2v) is 6.80. The largest absolute Gasteiger partial charge is 0.324 e. The minimum atomic E-state index is 0.293. The summed E-state index contributed by atoms with van der Waals surface area (Å²) in [7, 11) is 0. The summed E-state index contributed by atoms with van der Waals surface area (Å²) in [5, 5.41) is 4.08. The molecule has 0 saturated carbocycles. The van der Waals surface area contributed by atoms with Crippen LogP contribution in [-0.2, 0) is 11.4 Å². The minimum absolute atomic E-state index is 0.293. The van der Waals surface area contributed by atoms with Crippen LogP contribution in [0.2, 0.25) is 0 Å². The van der Waals surface area contributed by atoms with Crippen LogP contribution in [-0.4, -0.2) is 15.0 Å². The molecule has 0 atom stereocenters. The van der Waals surface area contributed by atoms with Crippen LogP contribution in [0.4, 0.5) is 11.6 Å². The molecule has 3 N–H and O–H groups in total. The number of nitrogens with one attached hydrogen (secondary N) is 1. The fourth-order valence-corrected chi connectivity index (χ4v) is 3.35. The molecule has 0 bridgehead atoms. The summed E-state index contributed by atoms with van der Waals surface area (Å²) in [5.74, 6) is 5.68. The molecule has 7 heteroatoms. The molecule has 0 aliphatic carbocycles. The number of nitrogens with two attached hydrogens (primary N) is 1. The van der Waals surface area contributed by atoms with Crippen molar-refractivity contribution >= 4 is 23.0 Å². The molecule has 24 heavy (non-hydrogen) atoms. The molecule has 0 aliphatic rings. The molecule has 0 unspecified atom stereocenters. The van der Waals surface area contributed by atoms with Crippen molar-refractivity contribution in [3.05, 3.63) is 52.2 Å². The van der Waals surface area contributed by atoms with Crippen molar-refractivity contribution in [2.45, 2.75) is 27.4 Å². The van der Waals surface area contributed by atoms with E-state index in [0.717, 1.165) is 27.0 Å². The van der Waals surface area contributed by atoms with Gasteiger partial charge >= 0.3 is 0 Å². The summed E-state index contributed by atoms with van der Waals surface area (Å²) in [6.07, 6.45) is 1.73. The second-order valence-electron chi connectivity index (χ2n) is 5.60. The Balaban J connectivity index is 1.87. The van der Waals surface area contributed by atoms with Crippen LogP contribution in [0.15, 0.2) is 30.5 Å². The maximum absolute atomic E-state index is 5.14. The summed E-state index contributed by atoms with van der Waals surface area (Å²) in [4.78, 5) is 19.2. The summed E-state index contributed by atoms with van der Waals surface area (Å²) >= 11 is 1.56. The monoisotopic (exact) mass is 341 g/mol. The average Bonchev–Trinajstić information content (AvgIpc) is 2.88. The summed E-state index contributed by atoms with van der Waals surface area (Å²) in [6.45, 7) is 6.41. The Bertz CT molecular complexity index is 842. The SMILES string of the molecule is Cc1cc(C)cc(Nc2nccc(-c3nc(CON)c(C)s3)n2)c1. The molecule has 0 amide bonds. The molecule has 0 radical (unpaired) electrons. The smallest absolute Gasteiger partial charge is 0.227 e. The van der Waals surface area contributed by atoms with Gasteiger partial charge in [0.15, 0.2) is 0 Å². The van der Waals surface area contributed by atoms with Gasteiger partial charge in [-0.05, 0) is 50.1 Å². The first-order chi connectivity index (χ1) is 11.5. The normalized spacial score (nSPS) is 10.8. The Morgan fingerprint density at radius 2 is 1.88 bits per heavy atom. The highest BCUT2D eigenvalue weighted by Crippen LogP contribution is 2.27. The molecule has 1 aromatic carbocycles. The highest BCUT2D eigenvalue weighted by Gasteiger charge is 2.11. The third kappa shape index (κ3) is 3.76. The number of hydrogen-bond acceptors (Lipinski definition) is 7. The molecule has 0 fully saturated rings. The van der Waals surface area contributed by atoms with Crippen LogP contribution < -0.4 is 11.2 Å². The predicted octanol–water partition coefficient (Wildman–Crippen LogP) is 3.66. The van der Waals surface area contributed by atoms with E-state index in [9.17, 15) is 0 Å². The van der Waals surface area contributed by atoms with Crippen molar-refractivity contribution in [3.8, 4) is 10.7 Å². The lowest BCUT2D eigenvalue weighted by molar-refractivity contribution is 0.121. The van der Waals surface area contributed by atoms with Gasteiger partial charge in [0.05, 0.1) is 5.69 Å². The van der Waals surface area contributed by atoms with Gasteiger partial charge < -0.3 is 5.32 Å². The molecule has 2 aromatic heterocycles. The second kappa shape index (κ2) is 7.04. The Morgan fingerprint density at radius 1 is 1.12 bits per heavy atom. The molecule has 0 saturated heterocycles. The number of hydrogen-bond donors (Lipinski definition) is 2. The maximum Gasteiger partial charge on any atom is 0.227 e. The van der Waals surface area contributed by atoms with Gasteiger partial charge in [-0.15, -0.1) is 11.3 Å². The molecule has 3 aromatic rings. The van der Waals surface area contributed by atoms with Gasteiger partial charge in [0, 0.05) is 16.8 Å². The van der Waals surface area contributed by atoms with Gasteiger partial charge in [0.2, 0.25) is 5.95 Å². The van der Waals surface area contributed by atoms with Gasteiger partial charge in [-0.3, -0.25) is 4.84 Å². The molecule has 2 heterocycles. The molecule has 0 spiro atoms. The first-order valence-electron chi connectivity index (χ1n) is 7.52. The lowest BCUT2D eigenvalue weighted by Crippen LogP contribution is -2.00. The lowest BCUT2D eigenvalue weighted by Gasteiger charge is -2.07. The third-order valence-electron chi connectivity index (χ3n) is 3.47. The van der Waals surface area contributed by atoms with Gasteiger partial charge in [-0.2, -0.15) is 0 Å². The highest BCUT2D eigenvalue weighted by molar-refractivity contribution is 7.15. The van der Waals surface area contributed by atoms with Crippen LogP contribution >= 0.6 is 11.3 Å². The molecular weight excluding hydrogens is 322 g/mol. The first kappa shape index (κ1) is 16.5. The fraction of sp³-hybridized carbons (Fsp3) is 0.235. The molecule has 6 nitrogen and oxygen atoms in total. The van der Waals surface area contributed by atoms with Crippen molar-refractivity contribution in [1.29, 1.82) is 0 Å². The van der Waals surface area contributed by atoms with Crippen LogP contribution in [0.5, 0.6) is 0 Å². The van der Waals surface area contributed by atoms with Crippen molar-refractivity contribution < 1.29 is 4.84 Å². The van der Waals surface area contributed by atoms with Crippen LogP contribution in [0.3, 0.4) is 0 Å². The van der Waals surface area contributed by atoms with Crippen molar-refractivity contribution in [2.24, 2.45) is 5.90 Å². The Labute approximate surface area is 144 Å². The number of anilines is 2. The number of benzene rings is 1. The topological polar surface area (TPSA) is 86.0 Å². The minimum Gasteiger partial charge on any atom is -0.324 e. The zero-order chi connectivity index (χ0) is 17.1. The zero-order valence-corrected chi connectivity index (χ0v) is 14.6. The lowest BCUT2D eigenvalue weighted by atomic mass is 10.1.